The Kier molecular flexibility index (Phi) is 5.27. The average Bonchev–Trinajstić information content (AvgIpc) is 2.68. The molecular formula is C19H26N2O4. The van der Waals surface area contributed by atoms with E-state index in [1.165, 1.54) is 0 Å². The van der Waals surface area contributed by atoms with Gasteiger partial charge in [0.15, 0.2) is 6.10 Å². The van der Waals surface area contributed by atoms with Crippen molar-refractivity contribution in [2.75, 3.05) is 26.8 Å². The van der Waals surface area contributed by atoms with Gasteiger partial charge in [-0.05, 0) is 30.5 Å². The van der Waals surface area contributed by atoms with E-state index < -0.39 is 17.4 Å². The topological polar surface area (TPSA) is 81.9 Å². The van der Waals surface area contributed by atoms with Crippen LogP contribution in [0.15, 0.2) is 24.3 Å². The highest BCUT2D eigenvalue weighted by atomic mass is 16.5. The number of rotatable bonds is 4. The molecule has 1 aromatic rings. The van der Waals surface area contributed by atoms with Gasteiger partial charge in [0, 0.05) is 6.54 Å². The fourth-order valence-corrected chi connectivity index (χ4v) is 4.00. The second kappa shape index (κ2) is 7.44. The number of benzene rings is 1. The summed E-state index contributed by atoms with van der Waals surface area (Å²) in [6, 6.07) is 7.80. The first-order valence-corrected chi connectivity index (χ1v) is 8.92. The zero-order chi connectivity index (χ0) is 17.9. The van der Waals surface area contributed by atoms with Crippen molar-refractivity contribution in [3.63, 3.8) is 0 Å². The van der Waals surface area contributed by atoms with Crippen molar-refractivity contribution in [2.45, 2.75) is 43.6 Å². The lowest BCUT2D eigenvalue weighted by atomic mass is 9.68. The van der Waals surface area contributed by atoms with Gasteiger partial charge in [-0.25, -0.2) is 0 Å². The molecule has 0 spiro atoms. The number of carbonyl (C=O) groups excluding carboxylic acids is 2. The molecular weight excluding hydrogens is 320 g/mol. The van der Waals surface area contributed by atoms with Gasteiger partial charge in [0.25, 0.3) is 0 Å². The first-order chi connectivity index (χ1) is 12.1. The van der Waals surface area contributed by atoms with Crippen molar-refractivity contribution in [3.8, 4) is 5.75 Å². The summed E-state index contributed by atoms with van der Waals surface area (Å²) in [4.78, 5) is 26.7. The zero-order valence-corrected chi connectivity index (χ0v) is 14.7. The minimum Gasteiger partial charge on any atom is -0.497 e. The van der Waals surface area contributed by atoms with E-state index >= 15 is 0 Å². The molecule has 1 aliphatic carbocycles. The molecule has 6 heteroatoms. The van der Waals surface area contributed by atoms with Crippen molar-refractivity contribution in [3.05, 3.63) is 29.8 Å². The summed E-state index contributed by atoms with van der Waals surface area (Å²) in [6.07, 6.45) is 4.16. The van der Waals surface area contributed by atoms with E-state index in [1.807, 2.05) is 24.3 Å². The number of morpholine rings is 1. The second-order valence-corrected chi connectivity index (χ2v) is 6.88. The monoisotopic (exact) mass is 346 g/mol. The Morgan fingerprint density at radius 2 is 1.88 bits per heavy atom. The lowest BCUT2D eigenvalue weighted by Gasteiger charge is -2.42. The normalized spacial score (nSPS) is 23.1. The van der Waals surface area contributed by atoms with Crippen LogP contribution in [0, 0.1) is 0 Å². The van der Waals surface area contributed by atoms with Gasteiger partial charge in [-0.15, -0.1) is 0 Å². The van der Waals surface area contributed by atoms with Gasteiger partial charge in [0.05, 0.1) is 25.7 Å². The largest absolute Gasteiger partial charge is 0.497 e. The maximum absolute atomic E-state index is 13.5. The van der Waals surface area contributed by atoms with Gasteiger partial charge in [0.2, 0.25) is 11.8 Å². The Labute approximate surface area is 148 Å². The van der Waals surface area contributed by atoms with Crippen LogP contribution in [-0.2, 0) is 19.7 Å². The molecule has 0 bridgehead atoms. The fourth-order valence-electron chi connectivity index (χ4n) is 4.00. The van der Waals surface area contributed by atoms with E-state index in [0.717, 1.165) is 43.4 Å². The molecule has 0 aromatic heterocycles. The van der Waals surface area contributed by atoms with E-state index in [1.54, 1.807) is 12.0 Å². The average molecular weight is 346 g/mol. The molecule has 2 fully saturated rings. The van der Waals surface area contributed by atoms with E-state index in [4.69, 9.17) is 15.2 Å². The van der Waals surface area contributed by atoms with E-state index in [-0.39, 0.29) is 12.5 Å². The minimum absolute atomic E-state index is 0.0897. The quantitative estimate of drug-likeness (QED) is 0.898. The van der Waals surface area contributed by atoms with Crippen molar-refractivity contribution in [1.82, 2.24) is 4.90 Å². The van der Waals surface area contributed by atoms with Crippen LogP contribution in [0.4, 0.5) is 0 Å². The smallest absolute Gasteiger partial charge is 0.248 e. The third-order valence-electron chi connectivity index (χ3n) is 5.43. The predicted molar refractivity (Wildman–Crippen MR) is 93.3 cm³/mol. The number of ether oxygens (including phenoxy) is 2. The summed E-state index contributed by atoms with van der Waals surface area (Å²) in [6.45, 7) is 1.09. The van der Waals surface area contributed by atoms with E-state index in [2.05, 4.69) is 0 Å². The first-order valence-electron chi connectivity index (χ1n) is 8.92. The minimum atomic E-state index is -0.714. The Balaban J connectivity index is 1.88. The molecule has 1 atom stereocenters. The number of primary amides is 1. The second-order valence-electron chi connectivity index (χ2n) is 6.88. The van der Waals surface area contributed by atoms with Crippen molar-refractivity contribution in [1.29, 1.82) is 0 Å². The Morgan fingerprint density at radius 3 is 2.48 bits per heavy atom. The van der Waals surface area contributed by atoms with Crippen molar-refractivity contribution >= 4 is 11.8 Å². The summed E-state index contributed by atoms with van der Waals surface area (Å²) < 4.78 is 10.6. The Hall–Kier alpha value is -2.08. The molecule has 2 aliphatic rings. The van der Waals surface area contributed by atoms with Gasteiger partial charge in [-0.3, -0.25) is 9.59 Å². The SMILES string of the molecule is COc1ccc(C2(C(=O)N3CCO[C@@H](C(N)=O)C3)CCCCC2)cc1. The zero-order valence-electron chi connectivity index (χ0n) is 14.7. The Morgan fingerprint density at radius 1 is 1.20 bits per heavy atom. The van der Waals surface area contributed by atoms with E-state index in [9.17, 15) is 9.59 Å². The number of hydrogen-bond donors (Lipinski definition) is 1. The molecule has 0 radical (unpaired) electrons. The molecule has 136 valence electrons. The van der Waals surface area contributed by atoms with Crippen molar-refractivity contribution < 1.29 is 19.1 Å². The highest BCUT2D eigenvalue weighted by molar-refractivity contribution is 5.89. The van der Waals surface area contributed by atoms with Crippen LogP contribution < -0.4 is 10.5 Å². The molecule has 6 nitrogen and oxygen atoms in total. The van der Waals surface area contributed by atoms with E-state index in [0.29, 0.717) is 13.2 Å². The van der Waals surface area contributed by atoms with Crippen LogP contribution in [0.1, 0.15) is 37.7 Å². The molecule has 1 heterocycles. The molecule has 1 saturated heterocycles. The summed E-state index contributed by atoms with van der Waals surface area (Å²) >= 11 is 0. The first kappa shape index (κ1) is 17.7. The van der Waals surface area contributed by atoms with Crippen LogP contribution in [0.5, 0.6) is 5.75 Å². The highest BCUT2D eigenvalue weighted by Crippen LogP contribution is 2.41. The maximum Gasteiger partial charge on any atom is 0.248 e. The van der Waals surface area contributed by atoms with Crippen LogP contribution in [0.2, 0.25) is 0 Å². The van der Waals surface area contributed by atoms with Crippen LogP contribution >= 0.6 is 0 Å². The number of methoxy groups -OCH3 is 1. The van der Waals surface area contributed by atoms with Crippen molar-refractivity contribution in [2.24, 2.45) is 5.73 Å². The Bertz CT molecular complexity index is 623. The fraction of sp³-hybridized carbons (Fsp3) is 0.579. The van der Waals surface area contributed by atoms with Crippen LogP contribution in [-0.4, -0.2) is 49.6 Å². The third kappa shape index (κ3) is 3.49. The van der Waals surface area contributed by atoms with Gasteiger partial charge >= 0.3 is 0 Å². The van der Waals surface area contributed by atoms with Gasteiger partial charge in [-0.1, -0.05) is 31.4 Å². The van der Waals surface area contributed by atoms with Gasteiger partial charge < -0.3 is 20.1 Å². The summed E-state index contributed by atoms with van der Waals surface area (Å²) in [5.41, 5.74) is 5.87. The number of carbonyl (C=O) groups is 2. The lowest BCUT2D eigenvalue weighted by molar-refractivity contribution is -0.150. The summed E-state index contributed by atoms with van der Waals surface area (Å²) in [5, 5.41) is 0. The molecule has 1 saturated carbocycles. The third-order valence-corrected chi connectivity index (χ3v) is 5.43. The number of nitrogens with two attached hydrogens (primary N) is 1. The van der Waals surface area contributed by atoms with Crippen LogP contribution in [0.3, 0.4) is 0 Å². The number of nitrogens with zero attached hydrogens (tertiary/aromatic N) is 1. The molecule has 1 aliphatic heterocycles. The predicted octanol–water partition coefficient (Wildman–Crippen LogP) is 1.61. The molecule has 3 rings (SSSR count). The molecule has 0 unspecified atom stereocenters. The maximum atomic E-state index is 13.5. The lowest BCUT2D eigenvalue weighted by Crippen LogP contribution is -2.56. The summed E-state index contributed by atoms with van der Waals surface area (Å²) in [5.74, 6) is 0.355. The number of hydrogen-bond acceptors (Lipinski definition) is 4. The van der Waals surface area contributed by atoms with Crippen LogP contribution in [0.25, 0.3) is 0 Å². The highest BCUT2D eigenvalue weighted by Gasteiger charge is 2.44. The molecule has 25 heavy (non-hydrogen) atoms. The summed E-state index contributed by atoms with van der Waals surface area (Å²) in [7, 11) is 1.63. The van der Waals surface area contributed by atoms with Gasteiger partial charge in [0.1, 0.15) is 5.75 Å². The molecule has 1 aromatic carbocycles. The standard InChI is InChI=1S/C19H26N2O4/c1-24-15-7-5-14(6-8-15)19(9-3-2-4-10-19)18(23)21-11-12-25-16(13-21)17(20)22/h5-8,16H,2-4,9-13H2,1H3,(H2,20,22)/t16-/m1/s1. The molecule has 2 N–H and O–H groups in total. The van der Waals surface area contributed by atoms with Gasteiger partial charge in [-0.2, -0.15) is 0 Å². The molecule has 2 amide bonds. The number of amides is 2.